The molecule has 0 saturated carbocycles. The number of amidine groups is 3. The number of hydrogen-bond donors (Lipinski definition) is 6. The molecule has 25 heavy (non-hydrogen) atoms. The van der Waals surface area contributed by atoms with Crippen molar-refractivity contribution in [2.75, 3.05) is 0 Å². The Kier molecular flexibility index (Phi) is 5.90. The van der Waals surface area contributed by atoms with Crippen molar-refractivity contribution in [3.05, 3.63) is 36.1 Å². The second-order valence-electron chi connectivity index (χ2n) is 4.66. The molecule has 0 unspecified atom stereocenters. The van der Waals surface area contributed by atoms with Gasteiger partial charge in [-0.15, -0.1) is 0 Å². The molecule has 2 aliphatic heterocycles. The molecule has 0 bridgehead atoms. The number of benzene rings is 1. The quantitative estimate of drug-likeness (QED) is 0.265. The first kappa shape index (κ1) is 19.9. The van der Waals surface area contributed by atoms with E-state index in [4.69, 9.17) is 72.5 Å². The first-order valence-electron chi connectivity index (χ1n) is 6.34. The minimum absolute atomic E-state index is 0.0183. The summed E-state index contributed by atoms with van der Waals surface area (Å²) in [5.74, 6) is -0.767. The predicted molar refractivity (Wildman–Crippen MR) is 103 cm³/mol. The van der Waals surface area contributed by atoms with E-state index in [0.717, 1.165) is 18.7 Å². The maximum atomic E-state index is 9.00. The molecule has 3 rings (SSSR count). The van der Waals surface area contributed by atoms with Gasteiger partial charge in [-0.3, -0.25) is 21.0 Å². The van der Waals surface area contributed by atoms with Crippen LogP contribution >= 0.6 is 58.2 Å². The lowest BCUT2D eigenvalue weighted by atomic mass is 10.1. The average molecular weight is 441 g/mol. The molecular weight excluding hydrogens is 432 g/mol. The number of carbonyl (C=O) groups is 1. The second kappa shape index (κ2) is 7.43. The smallest absolute Gasteiger partial charge is 0.300 e. The fraction of sp³-hybridized carbons (Fsp3) is 0.0769. The normalized spacial score (nSPS) is 18.4. The van der Waals surface area contributed by atoms with Gasteiger partial charge in [0.15, 0.2) is 5.17 Å². The van der Waals surface area contributed by atoms with Gasteiger partial charge in [0.25, 0.3) is 5.97 Å². The third-order valence-corrected chi connectivity index (χ3v) is 5.63. The molecule has 1 saturated heterocycles. The van der Waals surface area contributed by atoms with Gasteiger partial charge in [-0.2, -0.15) is 0 Å². The predicted octanol–water partition coefficient (Wildman–Crippen LogP) is 4.24. The van der Waals surface area contributed by atoms with Crippen molar-refractivity contribution in [3.8, 4) is 0 Å². The van der Waals surface area contributed by atoms with Gasteiger partial charge in [-0.1, -0.05) is 46.4 Å². The van der Waals surface area contributed by atoms with Crippen LogP contribution in [0.1, 0.15) is 18.1 Å². The van der Waals surface area contributed by atoms with Gasteiger partial charge >= 0.3 is 0 Å². The zero-order valence-electron chi connectivity index (χ0n) is 12.3. The molecule has 0 spiro atoms. The Morgan fingerprint density at radius 3 is 1.84 bits per heavy atom. The van der Waals surface area contributed by atoms with E-state index in [2.05, 4.69) is 10.6 Å². The van der Waals surface area contributed by atoms with Crippen LogP contribution in [0, 0.1) is 16.2 Å². The van der Waals surface area contributed by atoms with Gasteiger partial charge in [-0.05, 0) is 11.8 Å². The van der Waals surface area contributed by atoms with Crippen molar-refractivity contribution < 1.29 is 9.90 Å². The van der Waals surface area contributed by atoms with Crippen molar-refractivity contribution in [2.24, 2.45) is 0 Å². The van der Waals surface area contributed by atoms with Crippen molar-refractivity contribution in [2.45, 2.75) is 6.92 Å². The fourth-order valence-corrected chi connectivity index (χ4v) is 3.85. The molecule has 2 aliphatic rings. The Bertz CT molecular complexity index is 880. The number of hydrogen-bond acceptors (Lipinski definition) is 5. The fourth-order valence-electron chi connectivity index (χ4n) is 2.05. The number of thioether (sulfide) groups is 1. The number of aliphatic carboxylic acids is 1. The SMILES string of the molecule is CC(=O)O.N=C1NC(=N)C(=C2NC(=N)c3c(Cl)c(Cl)c(Cl)c(Cl)c32)S1. The van der Waals surface area contributed by atoms with Crippen LogP contribution < -0.4 is 10.6 Å². The monoisotopic (exact) mass is 439 g/mol. The average Bonchev–Trinajstić information content (AvgIpc) is 3.01. The topological polar surface area (TPSA) is 133 Å². The highest BCUT2D eigenvalue weighted by atomic mass is 35.5. The van der Waals surface area contributed by atoms with E-state index < -0.39 is 5.97 Å². The van der Waals surface area contributed by atoms with Gasteiger partial charge < -0.3 is 15.7 Å². The number of fused-ring (bicyclic) bond motifs is 1. The Hall–Kier alpha value is -1.45. The summed E-state index contributed by atoms with van der Waals surface area (Å²) in [6, 6.07) is 0. The highest BCUT2D eigenvalue weighted by molar-refractivity contribution is 8.18. The number of carboxylic acids is 1. The van der Waals surface area contributed by atoms with Gasteiger partial charge in [0.2, 0.25) is 0 Å². The first-order valence-corrected chi connectivity index (χ1v) is 8.67. The molecule has 0 radical (unpaired) electrons. The Labute approximate surface area is 166 Å². The first-order chi connectivity index (χ1) is 11.6. The van der Waals surface area contributed by atoms with E-state index in [1.807, 2.05) is 0 Å². The Morgan fingerprint density at radius 1 is 0.920 bits per heavy atom. The van der Waals surface area contributed by atoms with Gasteiger partial charge in [0.05, 0.1) is 30.7 Å². The lowest BCUT2D eigenvalue weighted by molar-refractivity contribution is -0.134. The largest absolute Gasteiger partial charge is 0.481 e. The van der Waals surface area contributed by atoms with Crippen LogP contribution in [-0.4, -0.2) is 27.9 Å². The Balaban J connectivity index is 0.000000511. The number of nitrogens with one attached hydrogen (secondary N) is 5. The lowest BCUT2D eigenvalue weighted by Gasteiger charge is -2.10. The highest BCUT2D eigenvalue weighted by Crippen LogP contribution is 2.47. The van der Waals surface area contributed by atoms with E-state index in [9.17, 15) is 0 Å². The highest BCUT2D eigenvalue weighted by Gasteiger charge is 2.35. The Morgan fingerprint density at radius 2 is 1.40 bits per heavy atom. The number of halogens is 4. The summed E-state index contributed by atoms with van der Waals surface area (Å²) in [5, 5.41) is 36.8. The van der Waals surface area contributed by atoms with Crippen LogP contribution in [0.15, 0.2) is 4.91 Å². The molecule has 1 aromatic carbocycles. The van der Waals surface area contributed by atoms with Crippen molar-refractivity contribution in [1.82, 2.24) is 10.6 Å². The zero-order valence-corrected chi connectivity index (χ0v) is 16.1. The lowest BCUT2D eigenvalue weighted by Crippen LogP contribution is -2.20. The van der Waals surface area contributed by atoms with Crippen molar-refractivity contribution in [1.29, 1.82) is 16.2 Å². The molecule has 0 aliphatic carbocycles. The van der Waals surface area contributed by atoms with Gasteiger partial charge in [0, 0.05) is 18.1 Å². The van der Waals surface area contributed by atoms with Crippen LogP contribution in [0.3, 0.4) is 0 Å². The molecule has 7 nitrogen and oxygen atoms in total. The van der Waals surface area contributed by atoms with E-state index in [1.165, 1.54) is 0 Å². The van der Waals surface area contributed by atoms with Crippen LogP contribution in [0.4, 0.5) is 0 Å². The molecular formula is C13H9Cl4N5O2S. The second-order valence-corrected chi connectivity index (χ2v) is 7.19. The molecule has 0 amide bonds. The van der Waals surface area contributed by atoms with E-state index >= 15 is 0 Å². The minimum Gasteiger partial charge on any atom is -0.481 e. The van der Waals surface area contributed by atoms with Gasteiger partial charge in [0.1, 0.15) is 11.7 Å². The summed E-state index contributed by atoms with van der Waals surface area (Å²) < 4.78 is 0. The summed E-state index contributed by atoms with van der Waals surface area (Å²) in [7, 11) is 0. The third-order valence-electron chi connectivity index (χ3n) is 2.91. The molecule has 132 valence electrons. The molecule has 0 atom stereocenters. The van der Waals surface area contributed by atoms with E-state index in [1.54, 1.807) is 0 Å². The van der Waals surface area contributed by atoms with Crippen molar-refractivity contribution >= 4 is 86.7 Å². The molecule has 6 N–H and O–H groups in total. The molecule has 2 heterocycles. The molecule has 12 heteroatoms. The maximum absolute atomic E-state index is 9.00. The third kappa shape index (κ3) is 3.73. The zero-order chi connectivity index (χ0) is 19.0. The van der Waals surface area contributed by atoms with Crippen LogP contribution in [0.5, 0.6) is 0 Å². The molecule has 1 fully saturated rings. The van der Waals surface area contributed by atoms with E-state index in [-0.39, 0.29) is 36.9 Å². The molecule has 1 aromatic rings. The van der Waals surface area contributed by atoms with Crippen LogP contribution in [0.25, 0.3) is 5.70 Å². The summed E-state index contributed by atoms with van der Waals surface area (Å²) in [6.45, 7) is 1.08. The van der Waals surface area contributed by atoms with Gasteiger partial charge in [-0.25, -0.2) is 0 Å². The van der Waals surface area contributed by atoms with E-state index in [0.29, 0.717) is 21.7 Å². The summed E-state index contributed by atoms with van der Waals surface area (Å²) in [4.78, 5) is 9.44. The van der Waals surface area contributed by atoms with Crippen molar-refractivity contribution in [3.63, 3.8) is 0 Å². The maximum Gasteiger partial charge on any atom is 0.300 e. The molecule has 0 aromatic heterocycles. The summed E-state index contributed by atoms with van der Waals surface area (Å²) in [5.41, 5.74) is 1.18. The number of carboxylic acid groups (broad SMARTS) is 1. The summed E-state index contributed by atoms with van der Waals surface area (Å²) in [6.07, 6.45) is 0. The standard InChI is InChI=1S/C11H5Cl4N5S.C2H4O2/c12-3-1-2(4(13)6(15)5(3)14)9(16)19-7(1)8-10(17)20-11(18)21-8;1-2(3)4/h(H2,16,19)(H3,17,18,20);1H3,(H,3,4). The minimum atomic E-state index is -0.833. The summed E-state index contributed by atoms with van der Waals surface area (Å²) >= 11 is 25.5. The van der Waals surface area contributed by atoms with Crippen LogP contribution in [0.2, 0.25) is 20.1 Å². The van der Waals surface area contributed by atoms with Crippen LogP contribution in [-0.2, 0) is 4.79 Å². The number of rotatable bonds is 0.